The lowest BCUT2D eigenvalue weighted by Gasteiger charge is -2.43. The summed E-state index contributed by atoms with van der Waals surface area (Å²) in [4.78, 5) is 31.2. The van der Waals surface area contributed by atoms with Crippen LogP contribution in [0, 0.1) is 11.3 Å². The van der Waals surface area contributed by atoms with Crippen LogP contribution in [0.2, 0.25) is 0 Å². The van der Waals surface area contributed by atoms with Gasteiger partial charge in [-0.05, 0) is 71.3 Å². The zero-order valence-electron chi connectivity index (χ0n) is 25.0. The van der Waals surface area contributed by atoms with E-state index in [1.54, 1.807) is 4.90 Å². The van der Waals surface area contributed by atoms with Crippen LogP contribution in [0.5, 0.6) is 6.01 Å². The highest BCUT2D eigenvalue weighted by Crippen LogP contribution is 2.37. The molecule has 0 bridgehead atoms. The Kier molecular flexibility index (Phi) is 8.50. The van der Waals surface area contributed by atoms with Crippen LogP contribution in [0.1, 0.15) is 49.9 Å². The summed E-state index contributed by atoms with van der Waals surface area (Å²) in [5, 5.41) is 9.51. The zero-order valence-corrected chi connectivity index (χ0v) is 25.0. The van der Waals surface area contributed by atoms with Crippen molar-refractivity contribution in [3.05, 3.63) is 53.7 Å². The van der Waals surface area contributed by atoms with E-state index < -0.39 is 0 Å². The van der Waals surface area contributed by atoms with Crippen LogP contribution < -0.4 is 14.5 Å². The molecule has 41 heavy (non-hydrogen) atoms. The second-order valence-electron chi connectivity index (χ2n) is 12.3. The van der Waals surface area contributed by atoms with Crippen LogP contribution in [-0.4, -0.2) is 90.2 Å². The van der Waals surface area contributed by atoms with Crippen molar-refractivity contribution < 1.29 is 9.53 Å². The Balaban J connectivity index is 1.46. The number of aromatic nitrogens is 2. The number of rotatable bonds is 8. The predicted molar refractivity (Wildman–Crippen MR) is 161 cm³/mol. The number of aryl methyl sites for hydroxylation is 1. The van der Waals surface area contributed by atoms with E-state index in [1.807, 2.05) is 14.1 Å². The van der Waals surface area contributed by atoms with Crippen LogP contribution >= 0.6 is 0 Å². The van der Waals surface area contributed by atoms with E-state index in [0.29, 0.717) is 38.3 Å². The van der Waals surface area contributed by atoms with E-state index in [4.69, 9.17) is 14.7 Å². The molecule has 5 rings (SSSR count). The number of nitriles is 1. The number of fused-ring (bicyclic) bond motifs is 2. The largest absolute Gasteiger partial charge is 0.461 e. The van der Waals surface area contributed by atoms with Gasteiger partial charge in [0.25, 0.3) is 0 Å². The number of amides is 1. The molecule has 3 heterocycles. The van der Waals surface area contributed by atoms with Gasteiger partial charge in [-0.3, -0.25) is 4.79 Å². The smallest absolute Gasteiger partial charge is 0.318 e. The van der Waals surface area contributed by atoms with Crippen molar-refractivity contribution in [2.45, 2.75) is 70.0 Å². The number of hydrogen-bond donors (Lipinski definition) is 0. The first-order chi connectivity index (χ1) is 19.7. The van der Waals surface area contributed by atoms with Crippen molar-refractivity contribution in [2.24, 2.45) is 0 Å². The first-order valence-corrected chi connectivity index (χ1v) is 14.8. The Bertz CT molecular complexity index is 1320. The molecule has 2 aliphatic heterocycles. The molecular weight excluding hydrogens is 514 g/mol. The third-order valence-electron chi connectivity index (χ3n) is 9.13. The summed E-state index contributed by atoms with van der Waals surface area (Å²) in [5.41, 5.74) is 4.82. The minimum atomic E-state index is -0.219. The summed E-state index contributed by atoms with van der Waals surface area (Å²) in [6.07, 6.45) is 6.64. The van der Waals surface area contributed by atoms with Gasteiger partial charge in [-0.2, -0.15) is 15.2 Å². The summed E-state index contributed by atoms with van der Waals surface area (Å²) >= 11 is 0. The van der Waals surface area contributed by atoms with E-state index in [0.717, 1.165) is 50.2 Å². The first kappa shape index (κ1) is 28.9. The van der Waals surface area contributed by atoms with Gasteiger partial charge >= 0.3 is 6.01 Å². The van der Waals surface area contributed by atoms with Gasteiger partial charge < -0.3 is 24.3 Å². The Labute approximate surface area is 244 Å². The molecule has 2 atom stereocenters. The quantitative estimate of drug-likeness (QED) is 0.455. The summed E-state index contributed by atoms with van der Waals surface area (Å²) in [5.74, 6) is 0.757. The second kappa shape index (κ2) is 12.1. The van der Waals surface area contributed by atoms with Gasteiger partial charge in [0.15, 0.2) is 0 Å². The highest BCUT2D eigenvalue weighted by Gasteiger charge is 2.35. The number of carbonyl (C=O) groups is 1. The summed E-state index contributed by atoms with van der Waals surface area (Å²) in [7, 11) is 4.09. The fraction of sp³-hybridized carbons (Fsp3) is 0.562. The van der Waals surface area contributed by atoms with Crippen LogP contribution in [0.25, 0.3) is 0 Å². The summed E-state index contributed by atoms with van der Waals surface area (Å²) < 4.78 is 6.28. The lowest BCUT2D eigenvalue weighted by atomic mass is 9.88. The number of carbonyl (C=O) groups excluding carboxylic acids is 1. The topological polar surface area (TPSA) is 88.8 Å². The fourth-order valence-electron chi connectivity index (χ4n) is 6.20. The Morgan fingerprint density at radius 3 is 2.78 bits per heavy atom. The standard InChI is InChI=1S/C32H43N7O2/c1-6-29(40)39-19-18-37(21-25(39)15-16-33)30-26-14-13-24(38-17-9-11-23-10-7-8-12-28(23)38)20-27(26)34-31(35-30)41-22-32(2,3)36(4)5/h6-8,10,12,24-25H,1,9,11,13-15,17-22H2,2-5H3/t24?,25-/m0/s1. The van der Waals surface area contributed by atoms with E-state index in [2.05, 4.69) is 65.5 Å². The third kappa shape index (κ3) is 6.03. The third-order valence-corrected chi connectivity index (χ3v) is 9.13. The van der Waals surface area contributed by atoms with Gasteiger partial charge in [-0.15, -0.1) is 0 Å². The number of nitrogens with zero attached hydrogens (tertiary/aromatic N) is 7. The van der Waals surface area contributed by atoms with Crippen molar-refractivity contribution >= 4 is 17.4 Å². The lowest BCUT2D eigenvalue weighted by Crippen LogP contribution is -2.55. The SMILES string of the molecule is C=CC(=O)N1CCN(c2nc(OCC(C)(C)N(C)C)nc3c2CCC(N2CCCc4ccccc42)C3)C[C@@H]1CC#N. The van der Waals surface area contributed by atoms with E-state index >= 15 is 0 Å². The number of hydrogen-bond acceptors (Lipinski definition) is 8. The highest BCUT2D eigenvalue weighted by molar-refractivity contribution is 5.87. The monoisotopic (exact) mass is 557 g/mol. The van der Waals surface area contributed by atoms with Crippen molar-refractivity contribution in [1.29, 1.82) is 5.26 Å². The molecule has 1 saturated heterocycles. The minimum absolute atomic E-state index is 0.130. The Hall–Kier alpha value is -3.64. The number of likely N-dealkylation sites (N-methyl/N-ethyl adjacent to an activating group) is 1. The molecule has 0 saturated carbocycles. The van der Waals surface area contributed by atoms with Crippen LogP contribution in [-0.2, 0) is 24.1 Å². The molecule has 3 aliphatic rings. The summed E-state index contributed by atoms with van der Waals surface area (Å²) in [6, 6.07) is 11.6. The zero-order chi connectivity index (χ0) is 29.1. The maximum absolute atomic E-state index is 12.5. The molecule has 0 radical (unpaired) electrons. The molecule has 9 heteroatoms. The molecule has 1 fully saturated rings. The average molecular weight is 558 g/mol. The Morgan fingerprint density at radius 2 is 2.02 bits per heavy atom. The van der Waals surface area contributed by atoms with Gasteiger partial charge in [0.1, 0.15) is 12.4 Å². The van der Waals surface area contributed by atoms with E-state index in [1.165, 1.54) is 22.9 Å². The molecule has 1 unspecified atom stereocenters. The maximum Gasteiger partial charge on any atom is 0.318 e. The number of ether oxygens (including phenoxy) is 1. The molecule has 0 N–H and O–H groups in total. The number of piperazine rings is 1. The second-order valence-corrected chi connectivity index (χ2v) is 12.3. The van der Waals surface area contributed by atoms with Crippen molar-refractivity contribution in [3.63, 3.8) is 0 Å². The highest BCUT2D eigenvalue weighted by atomic mass is 16.5. The minimum Gasteiger partial charge on any atom is -0.461 e. The average Bonchev–Trinajstić information content (AvgIpc) is 2.98. The lowest BCUT2D eigenvalue weighted by molar-refractivity contribution is -0.128. The van der Waals surface area contributed by atoms with Crippen molar-refractivity contribution in [3.8, 4) is 12.1 Å². The van der Waals surface area contributed by atoms with Gasteiger partial charge in [0.2, 0.25) is 5.91 Å². The molecule has 1 aliphatic carbocycles. The van der Waals surface area contributed by atoms with E-state index in [-0.39, 0.29) is 23.9 Å². The number of anilines is 2. The molecule has 1 aromatic carbocycles. The van der Waals surface area contributed by atoms with Gasteiger partial charge in [0, 0.05) is 55.4 Å². The maximum atomic E-state index is 12.5. The number of benzene rings is 1. The fourth-order valence-corrected chi connectivity index (χ4v) is 6.20. The Morgan fingerprint density at radius 1 is 1.22 bits per heavy atom. The molecule has 9 nitrogen and oxygen atoms in total. The number of para-hydroxylation sites is 1. The van der Waals surface area contributed by atoms with Gasteiger partial charge in [-0.25, -0.2) is 0 Å². The van der Waals surface area contributed by atoms with Crippen LogP contribution in [0.15, 0.2) is 36.9 Å². The first-order valence-electron chi connectivity index (χ1n) is 14.8. The van der Waals surface area contributed by atoms with Gasteiger partial charge in [-0.1, -0.05) is 24.8 Å². The molecule has 218 valence electrons. The molecule has 0 spiro atoms. The van der Waals surface area contributed by atoms with E-state index in [9.17, 15) is 10.1 Å². The molecule has 1 amide bonds. The van der Waals surface area contributed by atoms with Crippen molar-refractivity contribution in [1.82, 2.24) is 19.8 Å². The molecule has 2 aromatic rings. The molecular formula is C32H43N7O2. The predicted octanol–water partition coefficient (Wildman–Crippen LogP) is 3.62. The van der Waals surface area contributed by atoms with Crippen LogP contribution in [0.4, 0.5) is 11.5 Å². The van der Waals surface area contributed by atoms with Gasteiger partial charge in [0.05, 0.1) is 24.2 Å². The summed E-state index contributed by atoms with van der Waals surface area (Å²) in [6.45, 7) is 11.1. The van der Waals surface area contributed by atoms with Crippen molar-refractivity contribution in [2.75, 3.05) is 56.7 Å². The van der Waals surface area contributed by atoms with Crippen LogP contribution in [0.3, 0.4) is 0 Å². The molecule has 1 aromatic heterocycles. The normalized spacial score (nSPS) is 20.7.